The molecule has 1 amide bonds. The van der Waals surface area contributed by atoms with Gasteiger partial charge >= 0.3 is 12.0 Å². The molecule has 0 bridgehead atoms. The smallest absolute Gasteiger partial charge is 0.426 e. The van der Waals surface area contributed by atoms with Crippen LogP contribution in [-0.2, 0) is 21.6 Å². The Morgan fingerprint density at radius 2 is 1.80 bits per heavy atom. The number of nitrogens with two attached hydrogens (primary N) is 3. The van der Waals surface area contributed by atoms with E-state index in [9.17, 15) is 14.4 Å². The first kappa shape index (κ1) is 30.0. The number of carbonyl (C=O) groups is 2. The van der Waals surface area contributed by atoms with E-state index in [4.69, 9.17) is 35.5 Å². The van der Waals surface area contributed by atoms with Crippen molar-refractivity contribution in [2.75, 3.05) is 17.6 Å². The summed E-state index contributed by atoms with van der Waals surface area (Å²) in [6, 6.07) is 8.67. The highest BCUT2D eigenvalue weighted by atomic mass is 16.7. The average molecular weight is 556 g/mol. The van der Waals surface area contributed by atoms with Gasteiger partial charge < -0.3 is 40.8 Å². The second-order valence-corrected chi connectivity index (χ2v) is 9.75. The molecule has 214 valence electrons. The lowest BCUT2D eigenvalue weighted by Crippen LogP contribution is -2.35. The quantitative estimate of drug-likeness (QED) is 0.114. The zero-order chi connectivity index (χ0) is 29.3. The fourth-order valence-corrected chi connectivity index (χ4v) is 3.43. The number of rotatable bonds is 11. The van der Waals surface area contributed by atoms with E-state index in [2.05, 4.69) is 20.5 Å². The molecule has 0 aliphatic carbocycles. The number of carbonyl (C=O) groups excluding carboxylic acids is 2. The van der Waals surface area contributed by atoms with Gasteiger partial charge in [-0.3, -0.25) is 4.79 Å². The van der Waals surface area contributed by atoms with Crippen molar-refractivity contribution in [1.82, 2.24) is 4.98 Å². The number of nitrogens with zero attached hydrogens (tertiary/aromatic N) is 3. The molecule has 14 heteroatoms. The Hall–Kier alpha value is -4.56. The van der Waals surface area contributed by atoms with E-state index in [0.29, 0.717) is 13.0 Å². The Bertz CT molecular complexity index is 1410. The molecule has 2 heterocycles. The molecule has 0 unspecified atom stereocenters. The van der Waals surface area contributed by atoms with Crippen molar-refractivity contribution in [3.8, 4) is 5.75 Å². The lowest BCUT2D eigenvalue weighted by Gasteiger charge is -2.14. The van der Waals surface area contributed by atoms with Crippen LogP contribution in [0.2, 0.25) is 0 Å². The SMILES string of the molecule is CC(C)(C)c1oc(=O)oc1COC(=O)Oc1ccccc1N=Nc1ccc(NC(=O)[C@@H](N)CCCCN)nc1N. The molecule has 0 aliphatic heterocycles. The predicted octanol–water partition coefficient (Wildman–Crippen LogP) is 4.03. The van der Waals surface area contributed by atoms with E-state index in [0.717, 1.165) is 12.8 Å². The van der Waals surface area contributed by atoms with E-state index in [-0.39, 0.29) is 52.8 Å². The zero-order valence-corrected chi connectivity index (χ0v) is 22.5. The number of benzene rings is 1. The van der Waals surface area contributed by atoms with Crippen molar-refractivity contribution >= 4 is 35.1 Å². The van der Waals surface area contributed by atoms with Gasteiger partial charge in [0.1, 0.15) is 17.2 Å². The van der Waals surface area contributed by atoms with Gasteiger partial charge in [-0.15, -0.1) is 10.2 Å². The van der Waals surface area contributed by atoms with E-state index in [1.54, 1.807) is 18.2 Å². The van der Waals surface area contributed by atoms with E-state index < -0.39 is 23.4 Å². The van der Waals surface area contributed by atoms with Crippen LogP contribution in [0.4, 0.5) is 27.8 Å². The number of nitrogen functional groups attached to an aromatic ring is 1. The van der Waals surface area contributed by atoms with Crippen molar-refractivity contribution in [3.63, 3.8) is 0 Å². The third-order valence-electron chi connectivity index (χ3n) is 5.43. The number of aromatic nitrogens is 1. The van der Waals surface area contributed by atoms with Crippen molar-refractivity contribution < 1.29 is 27.9 Å². The summed E-state index contributed by atoms with van der Waals surface area (Å²) in [7, 11) is 0. The molecule has 0 saturated carbocycles. The van der Waals surface area contributed by atoms with Crippen LogP contribution in [0.25, 0.3) is 0 Å². The number of hydrogen-bond donors (Lipinski definition) is 4. The largest absolute Gasteiger partial charge is 0.519 e. The Morgan fingerprint density at radius 3 is 2.50 bits per heavy atom. The molecule has 40 heavy (non-hydrogen) atoms. The molecular formula is C26H33N7O7. The molecule has 3 rings (SSSR count). The summed E-state index contributed by atoms with van der Waals surface area (Å²) in [5.41, 5.74) is 17.2. The predicted molar refractivity (Wildman–Crippen MR) is 146 cm³/mol. The first-order chi connectivity index (χ1) is 19.0. The minimum atomic E-state index is -1.06. The number of unbranched alkanes of at least 4 members (excludes halogenated alkanes) is 1. The van der Waals surface area contributed by atoms with Crippen LogP contribution in [0.15, 0.2) is 60.3 Å². The highest BCUT2D eigenvalue weighted by Gasteiger charge is 2.27. The molecule has 0 saturated heterocycles. The summed E-state index contributed by atoms with van der Waals surface area (Å²) in [6.45, 7) is 5.62. The number of para-hydroxylation sites is 1. The van der Waals surface area contributed by atoms with Gasteiger partial charge in [-0.25, -0.2) is 14.6 Å². The lowest BCUT2D eigenvalue weighted by molar-refractivity contribution is -0.117. The maximum Gasteiger partial charge on any atom is 0.519 e. The molecule has 1 atom stereocenters. The monoisotopic (exact) mass is 555 g/mol. The number of azo groups is 1. The summed E-state index contributed by atoms with van der Waals surface area (Å²) in [5, 5.41) is 10.8. The zero-order valence-electron chi connectivity index (χ0n) is 22.5. The maximum atomic E-state index is 12.3. The molecule has 2 aromatic heterocycles. The van der Waals surface area contributed by atoms with Gasteiger partial charge in [-0.2, -0.15) is 0 Å². The van der Waals surface area contributed by atoms with Crippen LogP contribution >= 0.6 is 0 Å². The van der Waals surface area contributed by atoms with Gasteiger partial charge in [-0.05, 0) is 43.7 Å². The lowest BCUT2D eigenvalue weighted by atomic mass is 9.92. The second-order valence-electron chi connectivity index (χ2n) is 9.75. The summed E-state index contributed by atoms with van der Waals surface area (Å²) in [6.07, 6.45) is 0.958. The van der Waals surface area contributed by atoms with Crippen LogP contribution < -0.4 is 33.1 Å². The van der Waals surface area contributed by atoms with Crippen LogP contribution in [0.3, 0.4) is 0 Å². The normalized spacial score (nSPS) is 12.3. The van der Waals surface area contributed by atoms with Crippen LogP contribution in [-0.4, -0.2) is 29.6 Å². The maximum absolute atomic E-state index is 12.3. The van der Waals surface area contributed by atoms with Crippen LogP contribution in [0.5, 0.6) is 5.75 Å². The fraction of sp³-hybridized carbons (Fsp3) is 0.385. The van der Waals surface area contributed by atoms with Crippen molar-refractivity contribution in [2.45, 2.75) is 58.1 Å². The second kappa shape index (κ2) is 13.5. The van der Waals surface area contributed by atoms with Gasteiger partial charge in [0.25, 0.3) is 0 Å². The van der Waals surface area contributed by atoms with E-state index in [1.165, 1.54) is 18.2 Å². The first-order valence-electron chi connectivity index (χ1n) is 12.5. The minimum absolute atomic E-state index is 0.00678. The van der Waals surface area contributed by atoms with Crippen molar-refractivity contribution in [1.29, 1.82) is 0 Å². The summed E-state index contributed by atoms with van der Waals surface area (Å²) in [5.74, 6) is -0.660. The molecule has 0 aliphatic rings. The molecule has 14 nitrogen and oxygen atoms in total. The summed E-state index contributed by atoms with van der Waals surface area (Å²) >= 11 is 0. The number of hydrogen-bond acceptors (Lipinski definition) is 13. The number of nitrogens with one attached hydrogen (secondary N) is 1. The van der Waals surface area contributed by atoms with E-state index >= 15 is 0 Å². The topological polar surface area (TPSA) is 224 Å². The van der Waals surface area contributed by atoms with Gasteiger partial charge in [0.05, 0.1) is 6.04 Å². The van der Waals surface area contributed by atoms with Gasteiger partial charge in [-0.1, -0.05) is 39.3 Å². The molecule has 3 aromatic rings. The first-order valence-corrected chi connectivity index (χ1v) is 12.5. The van der Waals surface area contributed by atoms with E-state index in [1.807, 2.05) is 20.8 Å². The Kier molecular flexibility index (Phi) is 10.1. The molecule has 0 fully saturated rings. The van der Waals surface area contributed by atoms with Gasteiger partial charge in [0.2, 0.25) is 5.91 Å². The molecule has 1 aromatic carbocycles. The van der Waals surface area contributed by atoms with Gasteiger partial charge in [0, 0.05) is 5.41 Å². The minimum Gasteiger partial charge on any atom is -0.426 e. The molecule has 7 N–H and O–H groups in total. The van der Waals surface area contributed by atoms with Crippen molar-refractivity contribution in [2.24, 2.45) is 21.7 Å². The Balaban J connectivity index is 1.63. The Morgan fingerprint density at radius 1 is 1.07 bits per heavy atom. The highest BCUT2D eigenvalue weighted by molar-refractivity contribution is 5.94. The number of amides is 1. The molecule has 0 spiro atoms. The highest BCUT2D eigenvalue weighted by Crippen LogP contribution is 2.31. The van der Waals surface area contributed by atoms with Crippen molar-refractivity contribution in [3.05, 3.63) is 58.5 Å². The number of pyridine rings is 1. The fourth-order valence-electron chi connectivity index (χ4n) is 3.43. The van der Waals surface area contributed by atoms with Crippen LogP contribution in [0, 0.1) is 0 Å². The third-order valence-corrected chi connectivity index (χ3v) is 5.43. The summed E-state index contributed by atoms with van der Waals surface area (Å²) < 4.78 is 20.4. The standard InChI is InChI=1S/C26H33N7O7/c1-26(2,3)21-19(39-25(36)40-21)14-37-24(35)38-18-10-5-4-9-16(18)32-33-17-11-12-20(30-22(17)29)31-23(34)15(28)8-6-7-13-27/h4-5,9-12,15H,6-8,13-14,27-28H2,1-3H3,(H3,29,30,31,34)/t15-/m0/s1. The summed E-state index contributed by atoms with van der Waals surface area (Å²) in [4.78, 5) is 40.2. The van der Waals surface area contributed by atoms with Gasteiger partial charge in [0.15, 0.2) is 29.7 Å². The molecular weight excluding hydrogens is 522 g/mol. The Labute approximate surface area is 229 Å². The third kappa shape index (κ3) is 8.47. The molecule has 0 radical (unpaired) electrons. The number of ether oxygens (including phenoxy) is 2. The number of anilines is 2. The van der Waals surface area contributed by atoms with Crippen LogP contribution in [0.1, 0.15) is 51.6 Å². The average Bonchev–Trinajstić information content (AvgIpc) is 3.29.